The molecule has 0 bridgehead atoms. The molecule has 3 atom stereocenters. The topological polar surface area (TPSA) is 121 Å². The number of benzene rings is 1. The van der Waals surface area contributed by atoms with E-state index in [9.17, 15) is 18.0 Å². The van der Waals surface area contributed by atoms with E-state index in [4.69, 9.17) is 0 Å². The summed E-state index contributed by atoms with van der Waals surface area (Å²) < 4.78 is 25.5. The van der Waals surface area contributed by atoms with Crippen molar-refractivity contribution in [1.29, 1.82) is 0 Å². The van der Waals surface area contributed by atoms with Crippen LogP contribution in [0.3, 0.4) is 0 Å². The maximum absolute atomic E-state index is 14.1. The van der Waals surface area contributed by atoms with Crippen LogP contribution in [0.4, 0.5) is 0 Å². The molecule has 2 aromatic rings. The SMILES string of the molecule is CC(C)(C)S(=O)(=O)C[C@@H](Cc1ccccc1)C(=O)N[C@](C)(C(=O)N[C@@H](CCC1CC1)CC1CCCCC1)c1cnc[nH]1. The Morgan fingerprint density at radius 3 is 2.29 bits per heavy atom. The molecule has 0 unspecified atom stereocenters. The molecule has 0 aliphatic heterocycles. The fraction of sp³-hybridized carbons (Fsp3) is 0.667. The normalized spacial score (nSPS) is 19.4. The number of amides is 2. The average molecular weight is 599 g/mol. The first-order valence-corrected chi connectivity index (χ1v) is 17.4. The largest absolute Gasteiger partial charge is 0.351 e. The van der Waals surface area contributed by atoms with Crippen molar-refractivity contribution in [2.45, 2.75) is 115 Å². The van der Waals surface area contributed by atoms with Gasteiger partial charge in [0.2, 0.25) is 5.91 Å². The predicted molar refractivity (Wildman–Crippen MR) is 166 cm³/mol. The van der Waals surface area contributed by atoms with E-state index in [2.05, 4.69) is 20.6 Å². The van der Waals surface area contributed by atoms with E-state index in [1.54, 1.807) is 33.9 Å². The van der Waals surface area contributed by atoms with Crippen molar-refractivity contribution in [3.8, 4) is 0 Å². The van der Waals surface area contributed by atoms with Crippen LogP contribution in [0.2, 0.25) is 0 Å². The van der Waals surface area contributed by atoms with Crippen LogP contribution in [0.15, 0.2) is 42.9 Å². The molecular formula is C33H50N4O4S. The van der Waals surface area contributed by atoms with Crippen LogP contribution in [-0.2, 0) is 31.4 Å². The number of imidazole rings is 1. The minimum absolute atomic E-state index is 0.0294. The third-order valence-electron chi connectivity index (χ3n) is 9.21. The van der Waals surface area contributed by atoms with Gasteiger partial charge in [0, 0.05) is 6.04 Å². The van der Waals surface area contributed by atoms with Gasteiger partial charge in [0.15, 0.2) is 15.4 Å². The average Bonchev–Trinajstić information content (AvgIpc) is 3.60. The molecule has 0 spiro atoms. The quantitative estimate of drug-likeness (QED) is 0.267. The number of nitrogens with one attached hydrogen (secondary N) is 3. The molecule has 4 rings (SSSR count). The van der Waals surface area contributed by atoms with E-state index in [-0.39, 0.29) is 24.1 Å². The van der Waals surface area contributed by atoms with Gasteiger partial charge in [0.25, 0.3) is 5.91 Å². The number of aromatic nitrogens is 2. The number of carbonyl (C=O) groups excluding carboxylic acids is 2. The lowest BCUT2D eigenvalue weighted by atomic mass is 9.83. The van der Waals surface area contributed by atoms with Crippen molar-refractivity contribution in [2.75, 3.05) is 5.75 Å². The van der Waals surface area contributed by atoms with Gasteiger partial charge in [0.05, 0.1) is 34.6 Å². The Hall–Kier alpha value is -2.68. The molecule has 2 amide bonds. The van der Waals surface area contributed by atoms with Crippen molar-refractivity contribution in [1.82, 2.24) is 20.6 Å². The first-order valence-electron chi connectivity index (χ1n) is 15.8. The summed E-state index contributed by atoms with van der Waals surface area (Å²) in [6, 6.07) is 9.44. The lowest BCUT2D eigenvalue weighted by molar-refractivity contribution is -0.135. The maximum atomic E-state index is 14.1. The number of nitrogens with zero attached hydrogens (tertiary/aromatic N) is 1. The second-order valence-corrected chi connectivity index (χ2v) is 16.6. The van der Waals surface area contributed by atoms with E-state index in [1.807, 2.05) is 30.3 Å². The molecule has 3 N–H and O–H groups in total. The van der Waals surface area contributed by atoms with E-state index in [0.29, 0.717) is 11.6 Å². The number of carbonyl (C=O) groups is 2. The highest BCUT2D eigenvalue weighted by Gasteiger charge is 2.42. The van der Waals surface area contributed by atoms with Gasteiger partial charge in [-0.2, -0.15) is 0 Å². The van der Waals surface area contributed by atoms with Crippen LogP contribution in [0, 0.1) is 17.8 Å². The highest BCUT2D eigenvalue weighted by molar-refractivity contribution is 7.92. The van der Waals surface area contributed by atoms with Crippen molar-refractivity contribution < 1.29 is 18.0 Å². The van der Waals surface area contributed by atoms with Crippen molar-refractivity contribution >= 4 is 21.7 Å². The molecule has 0 saturated heterocycles. The molecule has 232 valence electrons. The minimum Gasteiger partial charge on any atom is -0.351 e. The van der Waals surface area contributed by atoms with Gasteiger partial charge < -0.3 is 15.6 Å². The molecular weight excluding hydrogens is 548 g/mol. The second kappa shape index (κ2) is 13.7. The Labute approximate surface area is 252 Å². The number of rotatable bonds is 14. The van der Waals surface area contributed by atoms with Crippen molar-refractivity contribution in [2.24, 2.45) is 17.8 Å². The standard InChI is InChI=1S/C33H50N4O4S/c1-32(2,3)42(40,41)22-27(19-25-11-7-5-8-12-25)30(38)37-33(4,29-21-34-23-35-29)31(39)36-28(18-17-24-15-16-24)20-26-13-9-6-10-14-26/h5,7-8,11-12,21,23-24,26-28H,6,9-10,13-20,22H2,1-4H3,(H,34,35)(H,36,39)(H,37,38)/t27-,28+,33+/m1/s1. The van der Waals surface area contributed by atoms with E-state index in [0.717, 1.165) is 30.7 Å². The smallest absolute Gasteiger partial charge is 0.251 e. The summed E-state index contributed by atoms with van der Waals surface area (Å²) in [6.45, 7) is 6.63. The van der Waals surface area contributed by atoms with Gasteiger partial charge in [0.1, 0.15) is 0 Å². The van der Waals surface area contributed by atoms with Crippen LogP contribution in [-0.4, -0.2) is 46.7 Å². The predicted octanol–water partition coefficient (Wildman–Crippen LogP) is 5.46. The number of aromatic amines is 1. The third-order valence-corrected chi connectivity index (χ3v) is 11.9. The van der Waals surface area contributed by atoms with Gasteiger partial charge in [-0.3, -0.25) is 9.59 Å². The first-order chi connectivity index (χ1) is 19.9. The zero-order valence-electron chi connectivity index (χ0n) is 25.8. The summed E-state index contributed by atoms with van der Waals surface area (Å²) in [5, 5.41) is 6.31. The molecule has 1 aromatic carbocycles. The fourth-order valence-electron chi connectivity index (χ4n) is 6.01. The van der Waals surface area contributed by atoms with Gasteiger partial charge >= 0.3 is 0 Å². The Morgan fingerprint density at radius 2 is 1.69 bits per heavy atom. The summed E-state index contributed by atoms with van der Waals surface area (Å²) in [7, 11) is -3.62. The lowest BCUT2D eigenvalue weighted by Gasteiger charge is -2.34. The Bertz CT molecular complexity index is 1260. The molecule has 2 fully saturated rings. The van der Waals surface area contributed by atoms with E-state index >= 15 is 0 Å². The highest BCUT2D eigenvalue weighted by Crippen LogP contribution is 2.36. The van der Waals surface area contributed by atoms with Gasteiger partial charge in [-0.1, -0.05) is 75.3 Å². The maximum Gasteiger partial charge on any atom is 0.251 e. The number of hydrogen-bond donors (Lipinski definition) is 3. The van der Waals surface area contributed by atoms with Gasteiger partial charge in [-0.05, 0) is 70.8 Å². The molecule has 2 aliphatic rings. The van der Waals surface area contributed by atoms with E-state index < -0.39 is 31.9 Å². The van der Waals surface area contributed by atoms with Crippen molar-refractivity contribution in [3.63, 3.8) is 0 Å². The van der Waals surface area contributed by atoms with Crippen LogP contribution < -0.4 is 10.6 Å². The lowest BCUT2D eigenvalue weighted by Crippen LogP contribution is -2.58. The van der Waals surface area contributed by atoms with Crippen LogP contribution in [0.5, 0.6) is 0 Å². The summed E-state index contributed by atoms with van der Waals surface area (Å²) in [6.07, 6.45) is 15.0. The molecule has 8 nitrogen and oxygen atoms in total. The molecule has 1 heterocycles. The molecule has 42 heavy (non-hydrogen) atoms. The zero-order valence-corrected chi connectivity index (χ0v) is 26.6. The monoisotopic (exact) mass is 598 g/mol. The highest BCUT2D eigenvalue weighted by atomic mass is 32.2. The zero-order chi connectivity index (χ0) is 30.4. The van der Waals surface area contributed by atoms with Crippen molar-refractivity contribution in [3.05, 3.63) is 54.1 Å². The van der Waals surface area contributed by atoms with Crippen LogP contribution in [0.25, 0.3) is 0 Å². The Morgan fingerprint density at radius 1 is 1.00 bits per heavy atom. The van der Waals surface area contributed by atoms with Crippen LogP contribution in [0.1, 0.15) is 103 Å². The second-order valence-electron chi connectivity index (χ2n) is 13.8. The summed E-state index contributed by atoms with van der Waals surface area (Å²) in [5.41, 5.74) is -0.121. The summed E-state index contributed by atoms with van der Waals surface area (Å²) >= 11 is 0. The first kappa shape index (κ1) is 32.2. The molecule has 9 heteroatoms. The van der Waals surface area contributed by atoms with Crippen LogP contribution >= 0.6 is 0 Å². The fourth-order valence-corrected chi connectivity index (χ4v) is 7.31. The molecule has 2 aliphatic carbocycles. The number of H-pyrrole nitrogens is 1. The third kappa shape index (κ3) is 8.68. The Kier molecular flexibility index (Phi) is 10.5. The summed E-state index contributed by atoms with van der Waals surface area (Å²) in [5.74, 6) is -0.593. The van der Waals surface area contributed by atoms with E-state index in [1.165, 1.54) is 51.3 Å². The molecule has 0 radical (unpaired) electrons. The number of sulfone groups is 1. The minimum atomic E-state index is -3.62. The van der Waals surface area contributed by atoms with Gasteiger partial charge in [-0.15, -0.1) is 0 Å². The van der Waals surface area contributed by atoms with Gasteiger partial charge in [-0.25, -0.2) is 13.4 Å². The molecule has 1 aromatic heterocycles. The summed E-state index contributed by atoms with van der Waals surface area (Å²) in [4.78, 5) is 35.3. The molecule has 2 saturated carbocycles. The number of hydrogen-bond acceptors (Lipinski definition) is 5. The Balaban J connectivity index is 1.57.